The first kappa shape index (κ1) is 18.8. The van der Waals surface area contributed by atoms with Crippen LogP contribution in [-0.2, 0) is 6.42 Å². The van der Waals surface area contributed by atoms with Crippen molar-refractivity contribution in [3.05, 3.63) is 65.7 Å². The molecule has 2 aliphatic rings. The number of hydrogen-bond donors (Lipinski definition) is 1. The van der Waals surface area contributed by atoms with Crippen LogP contribution in [0.3, 0.4) is 0 Å². The fourth-order valence-electron chi connectivity index (χ4n) is 4.35. The highest BCUT2D eigenvalue weighted by molar-refractivity contribution is 6.07. The quantitative estimate of drug-likeness (QED) is 0.656. The van der Waals surface area contributed by atoms with Crippen LogP contribution in [0.25, 0.3) is 0 Å². The van der Waals surface area contributed by atoms with Gasteiger partial charge in [0.1, 0.15) is 11.6 Å². The highest BCUT2D eigenvalue weighted by Crippen LogP contribution is 2.44. The molecule has 5 rings (SSSR count). The standard InChI is InChI=1S/C21H19F3N4O2/c1-12-9-13-5-2-3-6-16(13)27(12)20(29)15-11-19-25-14(17-7-4-8-30-17)10-18(21(22,23)24)28(19)26-15/h2-8,11-12,14,18,25H,9-10H2,1H3/t12-,14-,18+/m1/s1. The number of nitrogens with zero attached hydrogens (tertiary/aromatic N) is 3. The van der Waals surface area contributed by atoms with Gasteiger partial charge in [0.2, 0.25) is 0 Å². The van der Waals surface area contributed by atoms with E-state index in [1.54, 1.807) is 17.0 Å². The fraction of sp³-hybridized carbons (Fsp3) is 0.333. The molecule has 0 saturated carbocycles. The average Bonchev–Trinajstić information content (AvgIpc) is 3.43. The lowest BCUT2D eigenvalue weighted by atomic mass is 10.0. The number of halogens is 3. The zero-order chi connectivity index (χ0) is 21.0. The van der Waals surface area contributed by atoms with Crippen LogP contribution < -0.4 is 10.2 Å². The van der Waals surface area contributed by atoms with E-state index in [9.17, 15) is 18.0 Å². The van der Waals surface area contributed by atoms with Gasteiger partial charge in [0, 0.05) is 24.2 Å². The van der Waals surface area contributed by atoms with E-state index in [1.807, 2.05) is 31.2 Å². The molecule has 1 N–H and O–H groups in total. The Balaban J connectivity index is 1.52. The van der Waals surface area contributed by atoms with E-state index in [-0.39, 0.29) is 24.0 Å². The Morgan fingerprint density at radius 1 is 1.23 bits per heavy atom. The van der Waals surface area contributed by atoms with Gasteiger partial charge in [0.15, 0.2) is 11.7 Å². The number of benzene rings is 1. The van der Waals surface area contributed by atoms with Gasteiger partial charge in [-0.1, -0.05) is 18.2 Å². The predicted molar refractivity (Wildman–Crippen MR) is 103 cm³/mol. The molecule has 156 valence electrons. The second-order valence-electron chi connectivity index (χ2n) is 7.72. The second kappa shape index (κ2) is 6.65. The number of fused-ring (bicyclic) bond motifs is 2. The molecule has 6 nitrogen and oxygen atoms in total. The monoisotopic (exact) mass is 416 g/mol. The Labute approximate surface area is 170 Å². The molecule has 0 aliphatic carbocycles. The zero-order valence-electron chi connectivity index (χ0n) is 16.1. The maximum Gasteiger partial charge on any atom is 0.410 e. The number of rotatable bonds is 2. The normalized spacial score (nSPS) is 23.1. The van der Waals surface area contributed by atoms with E-state index in [1.165, 1.54) is 12.3 Å². The van der Waals surface area contributed by atoms with Crippen LogP contribution >= 0.6 is 0 Å². The molecule has 1 aromatic carbocycles. The molecule has 4 heterocycles. The molecule has 2 aromatic heterocycles. The Morgan fingerprint density at radius 2 is 2.03 bits per heavy atom. The Hall–Kier alpha value is -3.23. The van der Waals surface area contributed by atoms with E-state index in [0.717, 1.165) is 15.9 Å². The number of alkyl halides is 3. The lowest BCUT2D eigenvalue weighted by Crippen LogP contribution is -2.37. The summed E-state index contributed by atoms with van der Waals surface area (Å²) >= 11 is 0. The smallest absolute Gasteiger partial charge is 0.410 e. The van der Waals surface area contributed by atoms with Crippen molar-refractivity contribution in [2.45, 2.75) is 44.1 Å². The van der Waals surface area contributed by atoms with E-state index >= 15 is 0 Å². The van der Waals surface area contributed by atoms with Gasteiger partial charge in [-0.25, -0.2) is 4.68 Å². The zero-order valence-corrected chi connectivity index (χ0v) is 16.1. The molecule has 0 saturated heterocycles. The molecular weight excluding hydrogens is 397 g/mol. The third kappa shape index (κ3) is 2.96. The second-order valence-corrected chi connectivity index (χ2v) is 7.72. The molecule has 0 fully saturated rings. The van der Waals surface area contributed by atoms with Gasteiger partial charge in [0.05, 0.1) is 12.3 Å². The number of furan rings is 1. The van der Waals surface area contributed by atoms with Crippen LogP contribution in [-0.4, -0.2) is 27.9 Å². The number of para-hydroxylation sites is 1. The third-order valence-corrected chi connectivity index (χ3v) is 5.72. The Kier molecular flexibility index (Phi) is 4.16. The summed E-state index contributed by atoms with van der Waals surface area (Å²) in [6.45, 7) is 1.91. The van der Waals surface area contributed by atoms with Crippen LogP contribution in [0.5, 0.6) is 0 Å². The van der Waals surface area contributed by atoms with Crippen molar-refractivity contribution in [2.24, 2.45) is 0 Å². The third-order valence-electron chi connectivity index (χ3n) is 5.72. The fourth-order valence-corrected chi connectivity index (χ4v) is 4.35. The summed E-state index contributed by atoms with van der Waals surface area (Å²) in [5, 5.41) is 7.11. The minimum Gasteiger partial charge on any atom is -0.467 e. The summed E-state index contributed by atoms with van der Waals surface area (Å²) in [6.07, 6.45) is -2.67. The topological polar surface area (TPSA) is 63.3 Å². The molecule has 0 spiro atoms. The molecule has 0 unspecified atom stereocenters. The van der Waals surface area contributed by atoms with Gasteiger partial charge in [-0.05, 0) is 37.1 Å². The van der Waals surface area contributed by atoms with Crippen LogP contribution in [0.4, 0.5) is 24.7 Å². The van der Waals surface area contributed by atoms with Gasteiger partial charge in [0.25, 0.3) is 5.91 Å². The summed E-state index contributed by atoms with van der Waals surface area (Å²) in [5.74, 6) is 0.145. The molecule has 9 heteroatoms. The molecule has 30 heavy (non-hydrogen) atoms. The first-order chi connectivity index (χ1) is 14.3. The SMILES string of the molecule is C[C@@H]1Cc2ccccc2N1C(=O)c1cc2n(n1)[C@H](C(F)(F)F)C[C@H](c1ccco1)N2. The van der Waals surface area contributed by atoms with Crippen molar-refractivity contribution in [1.82, 2.24) is 9.78 Å². The summed E-state index contributed by atoms with van der Waals surface area (Å²) < 4.78 is 47.5. The summed E-state index contributed by atoms with van der Waals surface area (Å²) in [4.78, 5) is 14.8. The number of nitrogens with one attached hydrogen (secondary N) is 1. The number of hydrogen-bond acceptors (Lipinski definition) is 4. The molecule has 3 atom stereocenters. The minimum absolute atomic E-state index is 0.0182. The molecule has 0 bridgehead atoms. The molecule has 3 aromatic rings. The van der Waals surface area contributed by atoms with Crippen LogP contribution in [0.2, 0.25) is 0 Å². The number of amides is 1. The van der Waals surface area contributed by atoms with Crippen molar-refractivity contribution in [3.8, 4) is 0 Å². The van der Waals surface area contributed by atoms with E-state index in [4.69, 9.17) is 4.42 Å². The van der Waals surface area contributed by atoms with Gasteiger partial charge >= 0.3 is 6.18 Å². The van der Waals surface area contributed by atoms with Crippen molar-refractivity contribution in [3.63, 3.8) is 0 Å². The number of carbonyl (C=O) groups is 1. The number of anilines is 2. The minimum atomic E-state index is -4.51. The van der Waals surface area contributed by atoms with Crippen LogP contribution in [0.1, 0.15) is 47.2 Å². The van der Waals surface area contributed by atoms with Crippen LogP contribution in [0.15, 0.2) is 53.1 Å². The van der Waals surface area contributed by atoms with Gasteiger partial charge in [-0.2, -0.15) is 18.3 Å². The molecule has 1 amide bonds. The molecular formula is C21H19F3N4O2. The number of aromatic nitrogens is 2. The van der Waals surface area contributed by atoms with Gasteiger partial charge in [-0.15, -0.1) is 0 Å². The van der Waals surface area contributed by atoms with Crippen molar-refractivity contribution in [1.29, 1.82) is 0 Å². The maximum atomic E-state index is 13.8. The predicted octanol–water partition coefficient (Wildman–Crippen LogP) is 4.73. The summed E-state index contributed by atoms with van der Waals surface area (Å²) in [7, 11) is 0. The van der Waals surface area contributed by atoms with Gasteiger partial charge < -0.3 is 14.6 Å². The lowest BCUT2D eigenvalue weighted by Gasteiger charge is -2.32. The van der Waals surface area contributed by atoms with E-state index < -0.39 is 24.2 Å². The van der Waals surface area contributed by atoms with E-state index in [2.05, 4.69) is 10.4 Å². The highest BCUT2D eigenvalue weighted by Gasteiger charge is 2.47. The van der Waals surface area contributed by atoms with E-state index in [0.29, 0.717) is 12.2 Å². The first-order valence-electron chi connectivity index (χ1n) is 9.70. The first-order valence-corrected chi connectivity index (χ1v) is 9.70. The van der Waals surface area contributed by atoms with Crippen molar-refractivity contribution >= 4 is 17.4 Å². The van der Waals surface area contributed by atoms with Crippen molar-refractivity contribution in [2.75, 3.05) is 10.2 Å². The maximum absolute atomic E-state index is 13.8. The largest absolute Gasteiger partial charge is 0.467 e. The Bertz CT molecular complexity index is 1090. The summed E-state index contributed by atoms with van der Waals surface area (Å²) in [6, 6.07) is 9.58. The molecule has 0 radical (unpaired) electrons. The summed E-state index contributed by atoms with van der Waals surface area (Å²) in [5.41, 5.74) is 1.79. The highest BCUT2D eigenvalue weighted by atomic mass is 19.4. The Morgan fingerprint density at radius 3 is 2.77 bits per heavy atom. The van der Waals surface area contributed by atoms with Crippen LogP contribution in [0, 0.1) is 0 Å². The van der Waals surface area contributed by atoms with Crippen molar-refractivity contribution < 1.29 is 22.4 Å². The average molecular weight is 416 g/mol. The number of carbonyl (C=O) groups excluding carboxylic acids is 1. The lowest BCUT2D eigenvalue weighted by molar-refractivity contribution is -0.174. The van der Waals surface area contributed by atoms with Gasteiger partial charge in [-0.3, -0.25) is 4.79 Å². The molecule has 2 aliphatic heterocycles.